The molecule has 4 nitrogen and oxygen atoms in total. The van der Waals surface area contributed by atoms with Crippen molar-refractivity contribution in [3.63, 3.8) is 0 Å². The summed E-state index contributed by atoms with van der Waals surface area (Å²) in [5.74, 6) is 3.15. The average Bonchev–Trinajstić information content (AvgIpc) is 3.02. The summed E-state index contributed by atoms with van der Waals surface area (Å²) >= 11 is 1.67. The summed E-state index contributed by atoms with van der Waals surface area (Å²) in [5, 5.41) is 8.94. The second kappa shape index (κ2) is 6.98. The number of benzene rings is 1. The SMILES string of the molecule is COc1ccccc1-c1nnc(SCC2CCCCC2)o1. The van der Waals surface area contributed by atoms with Gasteiger partial charge < -0.3 is 9.15 Å². The van der Waals surface area contributed by atoms with E-state index in [-0.39, 0.29) is 0 Å². The zero-order valence-corrected chi connectivity index (χ0v) is 13.1. The summed E-state index contributed by atoms with van der Waals surface area (Å²) in [6.45, 7) is 0. The van der Waals surface area contributed by atoms with Crippen molar-refractivity contribution in [1.82, 2.24) is 10.2 Å². The first-order chi connectivity index (χ1) is 10.4. The Bertz CT molecular complexity index is 579. The van der Waals surface area contributed by atoms with Gasteiger partial charge in [0.2, 0.25) is 0 Å². The minimum Gasteiger partial charge on any atom is -0.496 e. The van der Waals surface area contributed by atoms with Gasteiger partial charge in [0.1, 0.15) is 5.75 Å². The van der Waals surface area contributed by atoms with Crippen LogP contribution in [0.1, 0.15) is 32.1 Å². The van der Waals surface area contributed by atoms with Gasteiger partial charge in [-0.05, 0) is 30.9 Å². The van der Waals surface area contributed by atoms with Crippen LogP contribution in [0.2, 0.25) is 0 Å². The number of hydrogen-bond acceptors (Lipinski definition) is 5. The maximum atomic E-state index is 5.76. The highest BCUT2D eigenvalue weighted by molar-refractivity contribution is 7.99. The summed E-state index contributed by atoms with van der Waals surface area (Å²) in [5.41, 5.74) is 0.844. The summed E-state index contributed by atoms with van der Waals surface area (Å²) in [6, 6.07) is 7.70. The van der Waals surface area contributed by atoms with Gasteiger partial charge in [-0.2, -0.15) is 0 Å². The lowest BCUT2D eigenvalue weighted by atomic mass is 9.91. The molecule has 1 aromatic heterocycles. The molecule has 1 aliphatic carbocycles. The lowest BCUT2D eigenvalue weighted by Gasteiger charge is -2.19. The summed E-state index contributed by atoms with van der Waals surface area (Å²) in [7, 11) is 1.65. The molecule has 1 aromatic carbocycles. The molecule has 1 aliphatic rings. The van der Waals surface area contributed by atoms with Crippen LogP contribution in [0.5, 0.6) is 5.75 Å². The average molecular weight is 304 g/mol. The smallest absolute Gasteiger partial charge is 0.276 e. The molecule has 0 radical (unpaired) electrons. The molecular weight excluding hydrogens is 284 g/mol. The molecule has 0 saturated heterocycles. The molecule has 112 valence electrons. The molecule has 3 rings (SSSR count). The number of rotatable bonds is 5. The topological polar surface area (TPSA) is 48.2 Å². The second-order valence-electron chi connectivity index (χ2n) is 5.39. The van der Waals surface area contributed by atoms with Gasteiger partial charge in [0, 0.05) is 5.75 Å². The quantitative estimate of drug-likeness (QED) is 0.765. The molecule has 1 heterocycles. The number of nitrogens with zero attached hydrogens (tertiary/aromatic N) is 2. The molecule has 0 bridgehead atoms. The summed E-state index contributed by atoms with van der Waals surface area (Å²) < 4.78 is 11.1. The first-order valence-corrected chi connectivity index (χ1v) is 8.45. The van der Waals surface area contributed by atoms with Crippen molar-refractivity contribution in [1.29, 1.82) is 0 Å². The molecule has 1 saturated carbocycles. The van der Waals surface area contributed by atoms with Crippen LogP contribution in [0.25, 0.3) is 11.5 Å². The van der Waals surface area contributed by atoms with Crippen LogP contribution in [-0.2, 0) is 0 Å². The van der Waals surface area contributed by atoms with Crippen molar-refractivity contribution < 1.29 is 9.15 Å². The Balaban J connectivity index is 1.65. The van der Waals surface area contributed by atoms with Crippen LogP contribution in [0.3, 0.4) is 0 Å². The van der Waals surface area contributed by atoms with Gasteiger partial charge in [0.05, 0.1) is 12.7 Å². The van der Waals surface area contributed by atoms with Gasteiger partial charge in [-0.25, -0.2) is 0 Å². The molecule has 0 spiro atoms. The van der Waals surface area contributed by atoms with E-state index in [9.17, 15) is 0 Å². The van der Waals surface area contributed by atoms with E-state index in [0.29, 0.717) is 11.1 Å². The van der Waals surface area contributed by atoms with Crippen molar-refractivity contribution in [2.24, 2.45) is 5.92 Å². The van der Waals surface area contributed by atoms with Crippen molar-refractivity contribution in [3.05, 3.63) is 24.3 Å². The maximum absolute atomic E-state index is 5.76. The minimum absolute atomic E-state index is 0.526. The molecule has 2 aromatic rings. The number of aromatic nitrogens is 2. The standard InChI is InChI=1S/C16H20N2O2S/c1-19-14-10-6-5-9-13(14)15-17-18-16(20-15)21-11-12-7-3-2-4-8-12/h5-6,9-10,12H,2-4,7-8,11H2,1H3. The predicted molar refractivity (Wildman–Crippen MR) is 83.6 cm³/mol. The third kappa shape index (κ3) is 3.59. The fourth-order valence-corrected chi connectivity index (χ4v) is 3.69. The van der Waals surface area contributed by atoms with E-state index >= 15 is 0 Å². The van der Waals surface area contributed by atoms with Crippen molar-refractivity contribution in [3.8, 4) is 17.2 Å². The van der Waals surface area contributed by atoms with Gasteiger partial charge in [-0.15, -0.1) is 10.2 Å². The fourth-order valence-electron chi connectivity index (χ4n) is 2.74. The first-order valence-electron chi connectivity index (χ1n) is 7.46. The Labute approximate surface area is 129 Å². The van der Waals surface area contributed by atoms with Gasteiger partial charge in [-0.1, -0.05) is 43.2 Å². The zero-order chi connectivity index (χ0) is 14.5. The molecular formula is C16H20N2O2S. The number of hydrogen-bond donors (Lipinski definition) is 0. The van der Waals surface area contributed by atoms with Gasteiger partial charge in [-0.3, -0.25) is 0 Å². The van der Waals surface area contributed by atoms with E-state index in [1.54, 1.807) is 18.9 Å². The van der Waals surface area contributed by atoms with E-state index in [4.69, 9.17) is 9.15 Å². The highest BCUT2D eigenvalue weighted by Crippen LogP contribution is 2.32. The highest BCUT2D eigenvalue weighted by atomic mass is 32.2. The monoisotopic (exact) mass is 304 g/mol. The Morgan fingerprint density at radius 1 is 1.19 bits per heavy atom. The van der Waals surface area contributed by atoms with Crippen LogP contribution < -0.4 is 4.74 Å². The zero-order valence-electron chi connectivity index (χ0n) is 12.2. The van der Waals surface area contributed by atoms with Gasteiger partial charge in [0.15, 0.2) is 0 Å². The largest absolute Gasteiger partial charge is 0.496 e. The number of ether oxygens (including phenoxy) is 1. The van der Waals surface area contributed by atoms with E-state index in [1.165, 1.54) is 32.1 Å². The van der Waals surface area contributed by atoms with E-state index < -0.39 is 0 Å². The van der Waals surface area contributed by atoms with E-state index in [0.717, 1.165) is 23.0 Å². The summed E-state index contributed by atoms with van der Waals surface area (Å²) in [4.78, 5) is 0. The lowest BCUT2D eigenvalue weighted by Crippen LogP contribution is -2.08. The number of para-hydroxylation sites is 1. The van der Waals surface area contributed by atoms with Crippen molar-refractivity contribution >= 4 is 11.8 Å². The van der Waals surface area contributed by atoms with Gasteiger partial charge in [0.25, 0.3) is 11.1 Å². The Kier molecular flexibility index (Phi) is 4.80. The molecule has 5 heteroatoms. The van der Waals surface area contributed by atoms with Crippen LogP contribution in [0.4, 0.5) is 0 Å². The first kappa shape index (κ1) is 14.4. The fraction of sp³-hybridized carbons (Fsp3) is 0.500. The molecule has 0 amide bonds. The lowest BCUT2D eigenvalue weighted by molar-refractivity contribution is 0.388. The molecule has 0 atom stereocenters. The van der Waals surface area contributed by atoms with E-state index in [2.05, 4.69) is 10.2 Å². The highest BCUT2D eigenvalue weighted by Gasteiger charge is 2.17. The molecule has 1 fully saturated rings. The molecule has 21 heavy (non-hydrogen) atoms. The predicted octanol–water partition coefficient (Wildman–Crippen LogP) is 4.42. The van der Waals surface area contributed by atoms with Crippen molar-refractivity contribution in [2.45, 2.75) is 37.3 Å². The number of methoxy groups -OCH3 is 1. The normalized spacial score (nSPS) is 16.0. The van der Waals surface area contributed by atoms with E-state index in [1.807, 2.05) is 24.3 Å². The maximum Gasteiger partial charge on any atom is 0.276 e. The third-order valence-electron chi connectivity index (χ3n) is 3.91. The molecule has 0 N–H and O–H groups in total. The van der Waals surface area contributed by atoms with Crippen LogP contribution in [0, 0.1) is 5.92 Å². The Morgan fingerprint density at radius 2 is 2.00 bits per heavy atom. The second-order valence-corrected chi connectivity index (χ2v) is 6.36. The molecule has 0 unspecified atom stereocenters. The van der Waals surface area contributed by atoms with Crippen LogP contribution in [0.15, 0.2) is 33.9 Å². The van der Waals surface area contributed by atoms with Gasteiger partial charge >= 0.3 is 0 Å². The summed E-state index contributed by atoms with van der Waals surface area (Å²) in [6.07, 6.45) is 6.78. The Hall–Kier alpha value is -1.49. The van der Waals surface area contributed by atoms with Crippen LogP contribution in [-0.4, -0.2) is 23.1 Å². The van der Waals surface area contributed by atoms with Crippen molar-refractivity contribution in [2.75, 3.05) is 12.9 Å². The van der Waals surface area contributed by atoms with Crippen LogP contribution >= 0.6 is 11.8 Å². The molecule has 0 aliphatic heterocycles. The Morgan fingerprint density at radius 3 is 2.81 bits per heavy atom. The minimum atomic E-state index is 0.526. The number of thioether (sulfide) groups is 1. The third-order valence-corrected chi connectivity index (χ3v) is 4.96.